The zero-order valence-corrected chi connectivity index (χ0v) is 10.2. The maximum absolute atomic E-state index is 5.99. The number of anilines is 1. The molecule has 1 aromatic rings. The van der Waals surface area contributed by atoms with Gasteiger partial charge in [-0.05, 0) is 13.0 Å². The Morgan fingerprint density at radius 3 is 3.06 bits per heavy atom. The van der Waals surface area contributed by atoms with Crippen molar-refractivity contribution in [2.75, 3.05) is 12.3 Å². The number of nitrogen functional groups attached to an aromatic ring is 1. The Kier molecular flexibility index (Phi) is 2.09. The summed E-state index contributed by atoms with van der Waals surface area (Å²) in [6.45, 7) is 5.13. The molecule has 2 aliphatic rings. The summed E-state index contributed by atoms with van der Waals surface area (Å²) in [5, 5.41) is 0. The first-order valence-corrected chi connectivity index (χ1v) is 5.99. The van der Waals surface area contributed by atoms with Crippen LogP contribution in [0, 0.1) is 5.41 Å². The molecule has 0 saturated heterocycles. The minimum Gasteiger partial charge on any atom is -0.490 e. The highest BCUT2D eigenvalue weighted by molar-refractivity contribution is 5.61. The van der Waals surface area contributed by atoms with Crippen molar-refractivity contribution >= 4 is 5.69 Å². The number of benzene rings is 1. The Morgan fingerprint density at radius 1 is 1.41 bits per heavy atom. The number of ether oxygens (including phenoxy) is 1. The van der Waals surface area contributed by atoms with E-state index in [-0.39, 0.29) is 5.41 Å². The third-order valence-electron chi connectivity index (χ3n) is 3.87. The average Bonchev–Trinajstić information content (AvgIpc) is 2.28. The molecule has 88 valence electrons. The molecular formula is C15H17NO. The van der Waals surface area contributed by atoms with Crippen molar-refractivity contribution in [2.24, 2.45) is 5.41 Å². The monoisotopic (exact) mass is 227 g/mol. The van der Waals surface area contributed by atoms with Crippen LogP contribution in [-0.2, 0) is 0 Å². The van der Waals surface area contributed by atoms with Crippen LogP contribution in [0.3, 0.4) is 0 Å². The van der Waals surface area contributed by atoms with Gasteiger partial charge in [0.2, 0.25) is 0 Å². The minimum absolute atomic E-state index is 0.0552. The van der Waals surface area contributed by atoms with Crippen LogP contribution in [0.25, 0.3) is 0 Å². The zero-order chi connectivity index (χ0) is 12.0. The summed E-state index contributed by atoms with van der Waals surface area (Å²) in [5.41, 5.74) is 9.39. The zero-order valence-electron chi connectivity index (χ0n) is 10.2. The molecule has 2 atom stereocenters. The molecular weight excluding hydrogens is 210 g/mol. The first-order chi connectivity index (χ1) is 8.12. The predicted molar refractivity (Wildman–Crippen MR) is 70.1 cm³/mol. The molecule has 2 nitrogen and oxygen atoms in total. The number of allylic oxidation sites excluding steroid dienone is 3. The van der Waals surface area contributed by atoms with E-state index in [0.717, 1.165) is 11.4 Å². The molecule has 2 unspecified atom stereocenters. The van der Waals surface area contributed by atoms with Crippen LogP contribution in [0.1, 0.15) is 25.3 Å². The molecule has 1 heterocycles. The van der Waals surface area contributed by atoms with Gasteiger partial charge >= 0.3 is 0 Å². The molecule has 1 aliphatic carbocycles. The summed E-state index contributed by atoms with van der Waals surface area (Å²) in [4.78, 5) is 0. The Balaban J connectivity index is 2.20. The lowest BCUT2D eigenvalue weighted by molar-refractivity contribution is 0.158. The van der Waals surface area contributed by atoms with Crippen LogP contribution in [0.2, 0.25) is 0 Å². The van der Waals surface area contributed by atoms with E-state index in [2.05, 4.69) is 38.1 Å². The van der Waals surface area contributed by atoms with Gasteiger partial charge in [-0.25, -0.2) is 0 Å². The molecule has 0 bridgehead atoms. The number of nitrogens with two attached hydrogens (primary N) is 1. The largest absolute Gasteiger partial charge is 0.490 e. The third kappa shape index (κ3) is 1.40. The minimum atomic E-state index is 0.0552. The molecule has 17 heavy (non-hydrogen) atoms. The molecule has 0 radical (unpaired) electrons. The highest BCUT2D eigenvalue weighted by Crippen LogP contribution is 2.52. The molecule has 0 aromatic heterocycles. The topological polar surface area (TPSA) is 35.2 Å². The number of rotatable bonds is 0. The smallest absolute Gasteiger partial charge is 0.146 e. The predicted octanol–water partition coefficient (Wildman–Crippen LogP) is 3.27. The molecule has 2 heteroatoms. The summed E-state index contributed by atoms with van der Waals surface area (Å²) in [7, 11) is 0. The van der Waals surface area contributed by atoms with Gasteiger partial charge in [-0.3, -0.25) is 0 Å². The third-order valence-corrected chi connectivity index (χ3v) is 3.87. The van der Waals surface area contributed by atoms with E-state index in [4.69, 9.17) is 10.5 Å². The average molecular weight is 227 g/mol. The fourth-order valence-corrected chi connectivity index (χ4v) is 3.06. The standard InChI is InChI=1S/C15H17NO/c1-10-5-4-8-15(2)9-17-14-11(13(10)15)6-3-7-12(14)16/h3-8,13H,9,16H2,1-2H3. The van der Waals surface area contributed by atoms with Crippen molar-refractivity contribution in [3.63, 3.8) is 0 Å². The molecule has 1 aromatic carbocycles. The van der Waals surface area contributed by atoms with Gasteiger partial charge in [0.05, 0.1) is 12.3 Å². The molecule has 3 rings (SSSR count). The van der Waals surface area contributed by atoms with Crippen molar-refractivity contribution < 1.29 is 4.74 Å². The quantitative estimate of drug-likeness (QED) is 0.690. The Labute approximate surface area is 102 Å². The van der Waals surface area contributed by atoms with E-state index in [1.807, 2.05) is 12.1 Å². The van der Waals surface area contributed by atoms with E-state index in [9.17, 15) is 0 Å². The van der Waals surface area contributed by atoms with Gasteiger partial charge in [-0.2, -0.15) is 0 Å². The SMILES string of the molecule is CC1=CC=CC2(C)COc3c(N)cccc3C12. The molecule has 0 spiro atoms. The second-order valence-electron chi connectivity index (χ2n) is 5.26. The maximum Gasteiger partial charge on any atom is 0.146 e. The van der Waals surface area contributed by atoms with E-state index in [1.54, 1.807) is 0 Å². The number of hydrogen-bond donors (Lipinski definition) is 1. The van der Waals surface area contributed by atoms with Crippen LogP contribution in [-0.4, -0.2) is 6.61 Å². The summed E-state index contributed by atoms with van der Waals surface area (Å²) in [6, 6.07) is 6.04. The van der Waals surface area contributed by atoms with E-state index in [1.165, 1.54) is 11.1 Å². The van der Waals surface area contributed by atoms with Gasteiger partial charge in [0.1, 0.15) is 5.75 Å². The van der Waals surface area contributed by atoms with Gasteiger partial charge in [-0.15, -0.1) is 0 Å². The normalized spacial score (nSPS) is 30.0. The lowest BCUT2D eigenvalue weighted by Crippen LogP contribution is -2.36. The first-order valence-electron chi connectivity index (χ1n) is 5.99. The van der Waals surface area contributed by atoms with Crippen molar-refractivity contribution in [1.82, 2.24) is 0 Å². The Morgan fingerprint density at radius 2 is 2.24 bits per heavy atom. The van der Waals surface area contributed by atoms with Crippen molar-refractivity contribution in [3.8, 4) is 5.75 Å². The van der Waals surface area contributed by atoms with Crippen LogP contribution >= 0.6 is 0 Å². The van der Waals surface area contributed by atoms with Crippen LogP contribution in [0.4, 0.5) is 5.69 Å². The second kappa shape index (κ2) is 3.39. The van der Waals surface area contributed by atoms with E-state index < -0.39 is 0 Å². The second-order valence-corrected chi connectivity index (χ2v) is 5.26. The van der Waals surface area contributed by atoms with Gasteiger partial charge in [0.25, 0.3) is 0 Å². The number of hydrogen-bond acceptors (Lipinski definition) is 2. The fourth-order valence-electron chi connectivity index (χ4n) is 3.06. The molecule has 2 N–H and O–H groups in total. The lowest BCUT2D eigenvalue weighted by atomic mass is 9.66. The molecule has 0 fully saturated rings. The first kappa shape index (κ1) is 10.5. The van der Waals surface area contributed by atoms with Gasteiger partial charge in [0.15, 0.2) is 0 Å². The summed E-state index contributed by atoms with van der Waals surface area (Å²) < 4.78 is 5.87. The maximum atomic E-state index is 5.99. The van der Waals surface area contributed by atoms with Crippen molar-refractivity contribution in [2.45, 2.75) is 19.8 Å². The molecule has 0 saturated carbocycles. The van der Waals surface area contributed by atoms with Crippen LogP contribution in [0.5, 0.6) is 5.75 Å². The van der Waals surface area contributed by atoms with Gasteiger partial charge < -0.3 is 10.5 Å². The molecule has 0 amide bonds. The molecule has 1 aliphatic heterocycles. The number of fused-ring (bicyclic) bond motifs is 3. The summed E-state index contributed by atoms with van der Waals surface area (Å²) in [6.07, 6.45) is 6.56. The van der Waals surface area contributed by atoms with Crippen LogP contribution < -0.4 is 10.5 Å². The lowest BCUT2D eigenvalue weighted by Gasteiger charge is -2.42. The summed E-state index contributed by atoms with van der Waals surface area (Å²) >= 11 is 0. The van der Waals surface area contributed by atoms with Gasteiger partial charge in [-0.1, -0.05) is 42.9 Å². The highest BCUT2D eigenvalue weighted by atomic mass is 16.5. The van der Waals surface area contributed by atoms with Crippen LogP contribution in [0.15, 0.2) is 42.0 Å². The van der Waals surface area contributed by atoms with Crippen molar-refractivity contribution in [3.05, 3.63) is 47.6 Å². The number of para-hydroxylation sites is 1. The van der Waals surface area contributed by atoms with Gasteiger partial charge in [0, 0.05) is 16.9 Å². The fraction of sp³-hybridized carbons (Fsp3) is 0.333. The van der Waals surface area contributed by atoms with E-state index in [0.29, 0.717) is 12.5 Å². The summed E-state index contributed by atoms with van der Waals surface area (Å²) in [5.74, 6) is 1.26. The highest BCUT2D eigenvalue weighted by Gasteiger charge is 2.41. The van der Waals surface area contributed by atoms with E-state index >= 15 is 0 Å². The van der Waals surface area contributed by atoms with Crippen molar-refractivity contribution in [1.29, 1.82) is 0 Å². The Hall–Kier alpha value is -1.70. The Bertz CT molecular complexity index is 530.